The molecule has 6 nitrogen and oxygen atoms in total. The van der Waals surface area contributed by atoms with Gasteiger partial charge in [0.2, 0.25) is 0 Å². The normalized spacial score (nSPS) is 11.3. The minimum atomic E-state index is -3.65. The van der Waals surface area contributed by atoms with E-state index in [4.69, 9.17) is 9.26 Å². The quantitative estimate of drug-likeness (QED) is 0.708. The average molecular weight is 372 g/mol. The van der Waals surface area contributed by atoms with Crippen LogP contribution in [0.1, 0.15) is 22.6 Å². The summed E-state index contributed by atoms with van der Waals surface area (Å²) in [6, 6.07) is 13.5. The smallest absolute Gasteiger partial charge is 0.261 e. The number of aromatic nitrogens is 1. The van der Waals surface area contributed by atoms with Gasteiger partial charge in [0.1, 0.15) is 18.1 Å². The number of anilines is 1. The van der Waals surface area contributed by atoms with Crippen molar-refractivity contribution in [3.63, 3.8) is 0 Å². The third-order valence-corrected chi connectivity index (χ3v) is 5.47. The number of nitrogens with one attached hydrogen (secondary N) is 1. The lowest BCUT2D eigenvalue weighted by molar-refractivity contribution is 0.301. The fourth-order valence-corrected chi connectivity index (χ4v) is 3.60. The summed E-state index contributed by atoms with van der Waals surface area (Å²) in [5, 5.41) is 3.88. The molecule has 2 aromatic carbocycles. The van der Waals surface area contributed by atoms with Crippen LogP contribution in [-0.2, 0) is 16.6 Å². The molecule has 0 saturated carbocycles. The average Bonchev–Trinajstić information content (AvgIpc) is 2.93. The zero-order chi connectivity index (χ0) is 18.7. The van der Waals surface area contributed by atoms with Crippen molar-refractivity contribution in [2.75, 3.05) is 4.72 Å². The number of nitrogens with zero attached hydrogens (tertiary/aromatic N) is 1. The second-order valence-electron chi connectivity index (χ2n) is 5.98. The van der Waals surface area contributed by atoms with E-state index in [1.54, 1.807) is 24.3 Å². The number of hydrogen-bond acceptors (Lipinski definition) is 5. The van der Waals surface area contributed by atoms with Crippen molar-refractivity contribution in [1.29, 1.82) is 0 Å². The number of ether oxygens (including phenoxy) is 1. The van der Waals surface area contributed by atoms with Crippen LogP contribution in [0.4, 0.5) is 5.69 Å². The first-order valence-corrected chi connectivity index (χ1v) is 9.58. The second kappa shape index (κ2) is 7.21. The molecule has 0 aliphatic carbocycles. The zero-order valence-electron chi connectivity index (χ0n) is 14.8. The van der Waals surface area contributed by atoms with E-state index in [0.717, 1.165) is 16.8 Å². The number of benzene rings is 2. The van der Waals surface area contributed by atoms with E-state index in [9.17, 15) is 8.42 Å². The van der Waals surface area contributed by atoms with Crippen molar-refractivity contribution in [3.8, 4) is 5.75 Å². The van der Waals surface area contributed by atoms with Gasteiger partial charge in [0.25, 0.3) is 10.0 Å². The van der Waals surface area contributed by atoms with Crippen molar-refractivity contribution < 1.29 is 17.7 Å². The van der Waals surface area contributed by atoms with E-state index >= 15 is 0 Å². The van der Waals surface area contributed by atoms with E-state index in [1.165, 1.54) is 12.1 Å². The van der Waals surface area contributed by atoms with Crippen LogP contribution in [0.3, 0.4) is 0 Å². The Morgan fingerprint density at radius 3 is 2.35 bits per heavy atom. The second-order valence-corrected chi connectivity index (χ2v) is 7.67. The van der Waals surface area contributed by atoms with Crippen molar-refractivity contribution in [2.45, 2.75) is 32.3 Å². The molecule has 0 unspecified atom stereocenters. The molecule has 3 aromatic rings. The Kier molecular flexibility index (Phi) is 4.99. The summed E-state index contributed by atoms with van der Waals surface area (Å²) in [5.41, 5.74) is 3.09. The third-order valence-electron chi connectivity index (χ3n) is 4.09. The van der Waals surface area contributed by atoms with Gasteiger partial charge in [0.15, 0.2) is 0 Å². The molecule has 1 N–H and O–H groups in total. The van der Waals surface area contributed by atoms with Crippen molar-refractivity contribution in [1.82, 2.24) is 5.16 Å². The minimum Gasteiger partial charge on any atom is -0.489 e. The predicted octanol–water partition coefficient (Wildman–Crippen LogP) is 3.98. The molecule has 0 bridgehead atoms. The highest BCUT2D eigenvalue weighted by molar-refractivity contribution is 7.92. The topological polar surface area (TPSA) is 81.4 Å². The Morgan fingerprint density at radius 2 is 1.73 bits per heavy atom. The maximum atomic E-state index is 12.5. The van der Waals surface area contributed by atoms with Crippen LogP contribution in [0.25, 0.3) is 0 Å². The van der Waals surface area contributed by atoms with Crippen LogP contribution in [0.5, 0.6) is 5.75 Å². The zero-order valence-corrected chi connectivity index (χ0v) is 15.6. The van der Waals surface area contributed by atoms with Crippen LogP contribution in [-0.4, -0.2) is 13.6 Å². The molecule has 0 amide bonds. The van der Waals surface area contributed by atoms with Crippen molar-refractivity contribution in [2.24, 2.45) is 0 Å². The van der Waals surface area contributed by atoms with Gasteiger partial charge < -0.3 is 9.26 Å². The SMILES string of the molecule is Cc1ccccc1NS(=O)(=O)c1ccc(OCc2c(C)noc2C)cc1. The van der Waals surface area contributed by atoms with Gasteiger partial charge in [-0.05, 0) is 56.7 Å². The number of rotatable bonds is 6. The molecule has 0 atom stereocenters. The van der Waals surface area contributed by atoms with Gasteiger partial charge in [-0.15, -0.1) is 0 Å². The largest absolute Gasteiger partial charge is 0.489 e. The Bertz CT molecular complexity index is 989. The van der Waals surface area contributed by atoms with Gasteiger partial charge in [0.05, 0.1) is 21.8 Å². The van der Waals surface area contributed by atoms with Crippen LogP contribution in [0.2, 0.25) is 0 Å². The van der Waals surface area contributed by atoms with E-state index < -0.39 is 10.0 Å². The molecule has 26 heavy (non-hydrogen) atoms. The summed E-state index contributed by atoms with van der Waals surface area (Å²) in [7, 11) is -3.65. The highest BCUT2D eigenvalue weighted by Crippen LogP contribution is 2.22. The maximum absolute atomic E-state index is 12.5. The first-order valence-electron chi connectivity index (χ1n) is 8.10. The van der Waals surface area contributed by atoms with Crippen molar-refractivity contribution in [3.05, 3.63) is 71.1 Å². The van der Waals surface area contributed by atoms with Gasteiger partial charge in [-0.3, -0.25) is 4.72 Å². The van der Waals surface area contributed by atoms with Crippen molar-refractivity contribution >= 4 is 15.7 Å². The number of aryl methyl sites for hydroxylation is 3. The van der Waals surface area contributed by atoms with E-state index in [1.807, 2.05) is 32.9 Å². The molecule has 0 aliphatic rings. The van der Waals surface area contributed by atoms with E-state index in [-0.39, 0.29) is 4.90 Å². The fraction of sp³-hybridized carbons (Fsp3) is 0.211. The summed E-state index contributed by atoms with van der Waals surface area (Å²) in [5.74, 6) is 1.28. The summed E-state index contributed by atoms with van der Waals surface area (Å²) >= 11 is 0. The van der Waals surface area contributed by atoms with Gasteiger partial charge >= 0.3 is 0 Å². The minimum absolute atomic E-state index is 0.172. The molecular formula is C19H20N2O4S. The monoisotopic (exact) mass is 372 g/mol. The number of hydrogen-bond donors (Lipinski definition) is 1. The van der Waals surface area contributed by atoms with Crippen LogP contribution in [0.15, 0.2) is 57.9 Å². The lowest BCUT2D eigenvalue weighted by Crippen LogP contribution is -2.13. The molecule has 0 aliphatic heterocycles. The van der Waals surface area contributed by atoms with E-state index in [2.05, 4.69) is 9.88 Å². The number of sulfonamides is 1. The molecule has 7 heteroatoms. The molecule has 1 heterocycles. The molecule has 0 radical (unpaired) electrons. The summed E-state index contributed by atoms with van der Waals surface area (Å²) in [6.07, 6.45) is 0. The Balaban J connectivity index is 1.71. The standard InChI is InChI=1S/C19H20N2O4S/c1-13-6-4-5-7-19(13)21-26(22,23)17-10-8-16(9-11-17)24-12-18-14(2)20-25-15(18)3/h4-11,21H,12H2,1-3H3. The molecule has 136 valence electrons. The highest BCUT2D eigenvalue weighted by atomic mass is 32.2. The lowest BCUT2D eigenvalue weighted by Gasteiger charge is -2.11. The fourth-order valence-electron chi connectivity index (χ4n) is 2.47. The van der Waals surface area contributed by atoms with Gasteiger partial charge in [-0.2, -0.15) is 0 Å². The number of para-hydroxylation sites is 1. The Morgan fingerprint density at radius 1 is 1.04 bits per heavy atom. The van der Waals surface area contributed by atoms with Crippen LogP contribution >= 0.6 is 0 Å². The summed E-state index contributed by atoms with van der Waals surface area (Å²) < 4.78 is 38.5. The highest BCUT2D eigenvalue weighted by Gasteiger charge is 2.15. The Labute approximate surface area is 152 Å². The molecule has 1 aromatic heterocycles. The summed E-state index contributed by atoms with van der Waals surface area (Å²) in [6.45, 7) is 5.84. The molecule has 3 rings (SSSR count). The van der Waals surface area contributed by atoms with Crippen LogP contribution < -0.4 is 9.46 Å². The maximum Gasteiger partial charge on any atom is 0.261 e. The van der Waals surface area contributed by atoms with Crippen LogP contribution in [0, 0.1) is 20.8 Å². The molecule has 0 saturated heterocycles. The predicted molar refractivity (Wildman–Crippen MR) is 98.7 cm³/mol. The van der Waals surface area contributed by atoms with Gasteiger partial charge in [-0.25, -0.2) is 8.42 Å². The Hall–Kier alpha value is -2.80. The van der Waals surface area contributed by atoms with Gasteiger partial charge in [0, 0.05) is 0 Å². The summed E-state index contributed by atoms with van der Waals surface area (Å²) in [4.78, 5) is 0.172. The molecule has 0 fully saturated rings. The third kappa shape index (κ3) is 3.88. The van der Waals surface area contributed by atoms with E-state index in [0.29, 0.717) is 23.8 Å². The first kappa shape index (κ1) is 18.0. The van der Waals surface area contributed by atoms with Gasteiger partial charge in [-0.1, -0.05) is 23.4 Å². The first-order chi connectivity index (χ1) is 12.4. The molecule has 0 spiro atoms. The lowest BCUT2D eigenvalue weighted by atomic mass is 10.2. The molecular weight excluding hydrogens is 352 g/mol.